The fourth-order valence-corrected chi connectivity index (χ4v) is 0.754. The van der Waals surface area contributed by atoms with E-state index in [0.29, 0.717) is 12.1 Å². The molecule has 1 heterocycles. The third-order valence-corrected chi connectivity index (χ3v) is 1.48. The Morgan fingerprint density at radius 1 is 1.46 bits per heavy atom. The van der Waals surface area contributed by atoms with Crippen LogP contribution in [0, 0.1) is 0 Å². The molecule has 1 aromatic rings. The van der Waals surface area contributed by atoms with Crippen LogP contribution in [0.15, 0.2) is 18.3 Å². The number of amides is 2. The van der Waals surface area contributed by atoms with Gasteiger partial charge in [-0.25, -0.2) is 0 Å². The van der Waals surface area contributed by atoms with Crippen LogP contribution < -0.4 is 10.9 Å². The molecule has 70 valence electrons. The fraction of sp³-hybridized carbons (Fsp3) is 0.250. The van der Waals surface area contributed by atoms with E-state index in [9.17, 15) is 9.59 Å². The van der Waals surface area contributed by atoms with E-state index >= 15 is 0 Å². The minimum Gasteiger partial charge on any atom is -0.357 e. The lowest BCUT2D eigenvalue weighted by Crippen LogP contribution is -2.41. The number of aromatic amines is 1. The highest BCUT2D eigenvalue weighted by atomic mass is 16.2. The van der Waals surface area contributed by atoms with Crippen LogP contribution in [-0.4, -0.2) is 16.8 Å². The molecule has 1 aromatic heterocycles. The average molecular weight is 181 g/mol. The van der Waals surface area contributed by atoms with Crippen LogP contribution in [-0.2, 0) is 4.79 Å². The normalized spacial score (nSPS) is 9.31. The first-order valence-electron chi connectivity index (χ1n) is 3.96. The van der Waals surface area contributed by atoms with E-state index in [4.69, 9.17) is 0 Å². The van der Waals surface area contributed by atoms with Gasteiger partial charge in [0.05, 0.1) is 0 Å². The molecule has 5 nitrogen and oxygen atoms in total. The Morgan fingerprint density at radius 3 is 2.77 bits per heavy atom. The number of H-pyrrole nitrogens is 1. The van der Waals surface area contributed by atoms with Crippen molar-refractivity contribution in [3.63, 3.8) is 0 Å². The molecule has 5 heteroatoms. The zero-order valence-electron chi connectivity index (χ0n) is 7.26. The predicted molar refractivity (Wildman–Crippen MR) is 46.7 cm³/mol. The zero-order valence-corrected chi connectivity index (χ0v) is 7.26. The van der Waals surface area contributed by atoms with Gasteiger partial charge in [-0.15, -0.1) is 0 Å². The summed E-state index contributed by atoms with van der Waals surface area (Å²) in [6.07, 6.45) is 1.97. The Balaban J connectivity index is 2.39. The summed E-state index contributed by atoms with van der Waals surface area (Å²) in [6.45, 7) is 1.70. The van der Waals surface area contributed by atoms with Crippen molar-refractivity contribution in [2.24, 2.45) is 0 Å². The summed E-state index contributed by atoms with van der Waals surface area (Å²) in [6, 6.07) is 3.32. The Morgan fingerprint density at radius 2 is 2.23 bits per heavy atom. The van der Waals surface area contributed by atoms with E-state index in [-0.39, 0.29) is 11.8 Å². The summed E-state index contributed by atoms with van der Waals surface area (Å²) in [5.74, 6) is -0.577. The first kappa shape index (κ1) is 9.31. The van der Waals surface area contributed by atoms with Gasteiger partial charge in [-0.2, -0.15) is 0 Å². The van der Waals surface area contributed by atoms with Gasteiger partial charge in [-0.05, 0) is 12.1 Å². The average Bonchev–Trinajstić information content (AvgIpc) is 2.66. The van der Waals surface area contributed by atoms with Gasteiger partial charge in [-0.1, -0.05) is 6.92 Å². The molecular weight excluding hydrogens is 170 g/mol. The first-order chi connectivity index (χ1) is 6.24. The molecule has 0 aromatic carbocycles. The van der Waals surface area contributed by atoms with Gasteiger partial charge >= 0.3 is 0 Å². The Labute approximate surface area is 75.5 Å². The highest BCUT2D eigenvalue weighted by Gasteiger charge is 2.05. The highest BCUT2D eigenvalue weighted by Crippen LogP contribution is 1.92. The van der Waals surface area contributed by atoms with Crippen molar-refractivity contribution in [3.05, 3.63) is 24.0 Å². The summed E-state index contributed by atoms with van der Waals surface area (Å²) in [5, 5.41) is 0. The highest BCUT2D eigenvalue weighted by molar-refractivity contribution is 5.93. The maximum atomic E-state index is 11.2. The maximum absolute atomic E-state index is 11.2. The standard InChI is InChI=1S/C8H11N3O2/c1-2-7(12)10-11-8(13)6-4-3-5-9-6/h3-5,9H,2H2,1H3,(H,10,12)(H,11,13). The summed E-state index contributed by atoms with van der Waals surface area (Å²) in [7, 11) is 0. The molecule has 0 saturated heterocycles. The largest absolute Gasteiger partial charge is 0.357 e. The lowest BCUT2D eigenvalue weighted by Gasteiger charge is -2.03. The molecule has 13 heavy (non-hydrogen) atoms. The van der Waals surface area contributed by atoms with E-state index in [0.717, 1.165) is 0 Å². The summed E-state index contributed by atoms with van der Waals surface area (Å²) in [4.78, 5) is 24.6. The molecule has 0 atom stereocenters. The van der Waals surface area contributed by atoms with Crippen molar-refractivity contribution < 1.29 is 9.59 Å². The van der Waals surface area contributed by atoms with Gasteiger partial charge in [0.1, 0.15) is 5.69 Å². The Kier molecular flexibility index (Phi) is 3.08. The van der Waals surface area contributed by atoms with Crippen LogP contribution in [0.1, 0.15) is 23.8 Å². The molecule has 0 fully saturated rings. The van der Waals surface area contributed by atoms with Gasteiger partial charge in [-0.3, -0.25) is 20.4 Å². The Hall–Kier alpha value is -1.78. The summed E-state index contributed by atoms with van der Waals surface area (Å²) >= 11 is 0. The van der Waals surface area contributed by atoms with Crippen molar-refractivity contribution in [1.29, 1.82) is 0 Å². The smallest absolute Gasteiger partial charge is 0.286 e. The second-order valence-electron chi connectivity index (χ2n) is 2.44. The quantitative estimate of drug-likeness (QED) is 0.569. The number of hydrazine groups is 1. The van der Waals surface area contributed by atoms with Crippen molar-refractivity contribution in [2.75, 3.05) is 0 Å². The topological polar surface area (TPSA) is 74.0 Å². The summed E-state index contributed by atoms with van der Waals surface area (Å²) in [5.41, 5.74) is 4.94. The van der Waals surface area contributed by atoms with E-state index in [2.05, 4.69) is 15.8 Å². The Bertz CT molecular complexity index is 292. The molecule has 0 saturated carbocycles. The molecule has 0 radical (unpaired) electrons. The second-order valence-corrected chi connectivity index (χ2v) is 2.44. The number of rotatable bonds is 2. The molecule has 0 unspecified atom stereocenters. The van der Waals surface area contributed by atoms with E-state index in [1.165, 1.54) is 0 Å². The predicted octanol–water partition coefficient (Wildman–Crippen LogP) is 0.186. The van der Waals surface area contributed by atoms with Gasteiger partial charge in [0.25, 0.3) is 5.91 Å². The molecule has 0 bridgehead atoms. The third-order valence-electron chi connectivity index (χ3n) is 1.48. The SMILES string of the molecule is CCC(=O)NNC(=O)c1ccc[nH]1. The van der Waals surface area contributed by atoms with Crippen LogP contribution in [0.25, 0.3) is 0 Å². The molecule has 0 aliphatic carbocycles. The number of aromatic nitrogens is 1. The minimum absolute atomic E-state index is 0.222. The molecule has 2 amide bonds. The van der Waals surface area contributed by atoms with Crippen molar-refractivity contribution in [2.45, 2.75) is 13.3 Å². The van der Waals surface area contributed by atoms with E-state index in [1.807, 2.05) is 0 Å². The van der Waals surface area contributed by atoms with Crippen LogP contribution in [0.3, 0.4) is 0 Å². The molecule has 1 rings (SSSR count). The van der Waals surface area contributed by atoms with Crippen LogP contribution >= 0.6 is 0 Å². The second kappa shape index (κ2) is 4.30. The number of hydrogen-bond donors (Lipinski definition) is 3. The third kappa shape index (κ3) is 2.62. The van der Waals surface area contributed by atoms with E-state index < -0.39 is 0 Å². The molecular formula is C8H11N3O2. The van der Waals surface area contributed by atoms with Gasteiger partial charge in [0.15, 0.2) is 0 Å². The van der Waals surface area contributed by atoms with Crippen molar-refractivity contribution >= 4 is 11.8 Å². The monoisotopic (exact) mass is 181 g/mol. The maximum Gasteiger partial charge on any atom is 0.286 e. The first-order valence-corrected chi connectivity index (χ1v) is 3.96. The van der Waals surface area contributed by atoms with Crippen LogP contribution in [0.4, 0.5) is 0 Å². The number of carbonyl (C=O) groups is 2. The molecule has 0 spiro atoms. The minimum atomic E-state index is -0.355. The van der Waals surface area contributed by atoms with Crippen molar-refractivity contribution in [1.82, 2.24) is 15.8 Å². The van der Waals surface area contributed by atoms with Crippen LogP contribution in [0.2, 0.25) is 0 Å². The number of hydrogen-bond acceptors (Lipinski definition) is 2. The van der Waals surface area contributed by atoms with Crippen LogP contribution in [0.5, 0.6) is 0 Å². The number of nitrogens with one attached hydrogen (secondary N) is 3. The summed E-state index contributed by atoms with van der Waals surface area (Å²) < 4.78 is 0. The number of carbonyl (C=O) groups excluding carboxylic acids is 2. The lowest BCUT2D eigenvalue weighted by atomic mass is 10.4. The van der Waals surface area contributed by atoms with Gasteiger partial charge in [0.2, 0.25) is 5.91 Å². The van der Waals surface area contributed by atoms with Gasteiger partial charge in [0, 0.05) is 12.6 Å². The molecule has 0 aliphatic heterocycles. The molecule has 0 aliphatic rings. The van der Waals surface area contributed by atoms with Crippen molar-refractivity contribution in [3.8, 4) is 0 Å². The van der Waals surface area contributed by atoms with E-state index in [1.54, 1.807) is 25.3 Å². The van der Waals surface area contributed by atoms with Gasteiger partial charge < -0.3 is 4.98 Å². The lowest BCUT2D eigenvalue weighted by molar-refractivity contribution is -0.121. The zero-order chi connectivity index (χ0) is 9.68. The molecule has 3 N–H and O–H groups in total. The fourth-order valence-electron chi connectivity index (χ4n) is 0.754.